The van der Waals surface area contributed by atoms with Gasteiger partial charge in [0.15, 0.2) is 0 Å². The van der Waals surface area contributed by atoms with Crippen molar-refractivity contribution in [2.75, 3.05) is 6.54 Å². The summed E-state index contributed by atoms with van der Waals surface area (Å²) in [4.78, 5) is 13.4. The fourth-order valence-corrected chi connectivity index (χ4v) is 2.75. The van der Waals surface area contributed by atoms with Crippen LogP contribution in [-0.2, 0) is 19.5 Å². The normalized spacial score (nSPS) is 14.8. The predicted molar refractivity (Wildman–Crippen MR) is 77.7 cm³/mol. The molecule has 0 aliphatic carbocycles. The third kappa shape index (κ3) is 2.73. The van der Waals surface area contributed by atoms with Crippen LogP contribution in [0.5, 0.6) is 0 Å². The molecular weight excluding hydrogens is 250 g/mol. The van der Waals surface area contributed by atoms with Gasteiger partial charge < -0.3 is 5.11 Å². The summed E-state index contributed by atoms with van der Waals surface area (Å²) in [6, 6.07) is 15.7. The van der Waals surface area contributed by atoms with Crippen LogP contribution in [0.15, 0.2) is 48.5 Å². The quantitative estimate of drug-likeness (QED) is 0.929. The second-order valence-electron chi connectivity index (χ2n) is 5.23. The molecule has 0 aromatic heterocycles. The van der Waals surface area contributed by atoms with Gasteiger partial charge in [-0.2, -0.15) is 0 Å². The molecule has 0 atom stereocenters. The summed E-state index contributed by atoms with van der Waals surface area (Å²) in [5.41, 5.74) is 4.24. The molecule has 0 saturated carbocycles. The van der Waals surface area contributed by atoms with E-state index in [4.69, 9.17) is 5.11 Å². The highest BCUT2D eigenvalue weighted by molar-refractivity contribution is 5.87. The SMILES string of the molecule is O=C(O)c1cccc(CN2CCc3ccccc3C2)c1. The Morgan fingerprint density at radius 2 is 1.90 bits per heavy atom. The summed E-state index contributed by atoms with van der Waals surface area (Å²) in [6.45, 7) is 2.76. The lowest BCUT2D eigenvalue weighted by atomic mass is 9.99. The van der Waals surface area contributed by atoms with E-state index in [0.717, 1.165) is 31.6 Å². The van der Waals surface area contributed by atoms with Crippen molar-refractivity contribution in [3.63, 3.8) is 0 Å². The van der Waals surface area contributed by atoms with Gasteiger partial charge in [0, 0.05) is 19.6 Å². The van der Waals surface area contributed by atoms with E-state index >= 15 is 0 Å². The fourth-order valence-electron chi connectivity index (χ4n) is 2.75. The molecule has 0 bridgehead atoms. The topological polar surface area (TPSA) is 40.5 Å². The Labute approximate surface area is 118 Å². The average molecular weight is 267 g/mol. The van der Waals surface area contributed by atoms with Crippen LogP contribution in [-0.4, -0.2) is 22.5 Å². The fraction of sp³-hybridized carbons (Fsp3) is 0.235. The summed E-state index contributed by atoms with van der Waals surface area (Å²) in [5.74, 6) is -0.865. The summed E-state index contributed by atoms with van der Waals surface area (Å²) in [7, 11) is 0. The standard InChI is InChI=1S/C17H17NO2/c19-17(20)15-7-3-4-13(10-15)11-18-9-8-14-5-1-2-6-16(14)12-18/h1-7,10H,8-9,11-12H2,(H,19,20). The smallest absolute Gasteiger partial charge is 0.335 e. The minimum Gasteiger partial charge on any atom is -0.478 e. The van der Waals surface area contributed by atoms with E-state index in [2.05, 4.69) is 29.2 Å². The maximum atomic E-state index is 11.0. The van der Waals surface area contributed by atoms with E-state index in [1.165, 1.54) is 11.1 Å². The van der Waals surface area contributed by atoms with Gasteiger partial charge in [0.2, 0.25) is 0 Å². The van der Waals surface area contributed by atoms with Gasteiger partial charge in [0.25, 0.3) is 0 Å². The highest BCUT2D eigenvalue weighted by Gasteiger charge is 2.16. The first-order valence-corrected chi connectivity index (χ1v) is 6.84. The Balaban J connectivity index is 1.73. The van der Waals surface area contributed by atoms with Gasteiger partial charge in [-0.05, 0) is 35.2 Å². The van der Waals surface area contributed by atoms with Crippen LogP contribution in [0.3, 0.4) is 0 Å². The Hall–Kier alpha value is -2.13. The maximum Gasteiger partial charge on any atom is 0.335 e. The van der Waals surface area contributed by atoms with Crippen LogP contribution in [0.2, 0.25) is 0 Å². The van der Waals surface area contributed by atoms with E-state index in [-0.39, 0.29) is 0 Å². The molecule has 3 rings (SSSR count). The molecule has 0 fully saturated rings. The lowest BCUT2D eigenvalue weighted by Crippen LogP contribution is -2.30. The molecule has 1 aliphatic heterocycles. The molecule has 2 aromatic carbocycles. The average Bonchev–Trinajstić information content (AvgIpc) is 2.47. The molecule has 3 heteroatoms. The minimum absolute atomic E-state index is 0.361. The summed E-state index contributed by atoms with van der Waals surface area (Å²) >= 11 is 0. The summed E-state index contributed by atoms with van der Waals surface area (Å²) in [5, 5.41) is 9.03. The Morgan fingerprint density at radius 1 is 1.10 bits per heavy atom. The molecular formula is C17H17NO2. The Morgan fingerprint density at radius 3 is 2.70 bits per heavy atom. The first-order valence-electron chi connectivity index (χ1n) is 6.84. The van der Waals surface area contributed by atoms with E-state index in [9.17, 15) is 4.79 Å². The molecule has 20 heavy (non-hydrogen) atoms. The first kappa shape index (κ1) is 12.9. The number of aromatic carboxylic acids is 1. The van der Waals surface area contributed by atoms with E-state index in [1.54, 1.807) is 12.1 Å². The number of rotatable bonds is 3. The molecule has 102 valence electrons. The molecule has 0 radical (unpaired) electrons. The zero-order valence-corrected chi connectivity index (χ0v) is 11.2. The molecule has 2 aromatic rings. The number of carboxylic acid groups (broad SMARTS) is 1. The highest BCUT2D eigenvalue weighted by atomic mass is 16.4. The van der Waals surface area contributed by atoms with Crippen LogP contribution in [0.1, 0.15) is 27.0 Å². The number of carbonyl (C=O) groups is 1. The van der Waals surface area contributed by atoms with Gasteiger partial charge in [-0.3, -0.25) is 4.90 Å². The third-order valence-corrected chi connectivity index (χ3v) is 3.79. The van der Waals surface area contributed by atoms with Crippen molar-refractivity contribution in [1.82, 2.24) is 4.90 Å². The predicted octanol–water partition coefficient (Wildman–Crippen LogP) is 2.94. The van der Waals surface area contributed by atoms with E-state index < -0.39 is 5.97 Å². The number of hydrogen-bond donors (Lipinski definition) is 1. The van der Waals surface area contributed by atoms with Crippen molar-refractivity contribution in [3.8, 4) is 0 Å². The summed E-state index contributed by atoms with van der Waals surface area (Å²) < 4.78 is 0. The van der Waals surface area contributed by atoms with Crippen LogP contribution in [0, 0.1) is 0 Å². The molecule has 0 spiro atoms. The Bertz CT molecular complexity index is 636. The second-order valence-corrected chi connectivity index (χ2v) is 5.23. The zero-order valence-electron chi connectivity index (χ0n) is 11.2. The van der Waals surface area contributed by atoms with Crippen molar-refractivity contribution in [3.05, 3.63) is 70.8 Å². The monoisotopic (exact) mass is 267 g/mol. The molecule has 3 nitrogen and oxygen atoms in total. The van der Waals surface area contributed by atoms with Gasteiger partial charge in [-0.25, -0.2) is 4.79 Å². The van der Waals surface area contributed by atoms with Crippen molar-refractivity contribution >= 4 is 5.97 Å². The van der Waals surface area contributed by atoms with Gasteiger partial charge in [0.05, 0.1) is 5.56 Å². The molecule has 1 aliphatic rings. The number of benzene rings is 2. The van der Waals surface area contributed by atoms with Gasteiger partial charge in [-0.1, -0.05) is 36.4 Å². The van der Waals surface area contributed by atoms with Crippen LogP contribution in [0.4, 0.5) is 0 Å². The van der Waals surface area contributed by atoms with Crippen LogP contribution < -0.4 is 0 Å². The minimum atomic E-state index is -0.865. The van der Waals surface area contributed by atoms with E-state index in [1.807, 2.05) is 12.1 Å². The molecule has 1 N–H and O–H groups in total. The highest BCUT2D eigenvalue weighted by Crippen LogP contribution is 2.20. The van der Waals surface area contributed by atoms with Crippen LogP contribution in [0.25, 0.3) is 0 Å². The zero-order chi connectivity index (χ0) is 13.9. The number of nitrogens with zero attached hydrogens (tertiary/aromatic N) is 1. The lowest BCUT2D eigenvalue weighted by Gasteiger charge is -2.28. The number of fused-ring (bicyclic) bond motifs is 1. The molecule has 0 unspecified atom stereocenters. The summed E-state index contributed by atoms with van der Waals surface area (Å²) in [6.07, 6.45) is 1.06. The van der Waals surface area contributed by atoms with Crippen molar-refractivity contribution in [2.24, 2.45) is 0 Å². The molecule has 1 heterocycles. The number of carboxylic acids is 1. The largest absolute Gasteiger partial charge is 0.478 e. The lowest BCUT2D eigenvalue weighted by molar-refractivity contribution is 0.0696. The molecule has 0 amide bonds. The number of hydrogen-bond acceptors (Lipinski definition) is 2. The second kappa shape index (κ2) is 5.47. The van der Waals surface area contributed by atoms with E-state index in [0.29, 0.717) is 5.56 Å². The van der Waals surface area contributed by atoms with Gasteiger partial charge in [0.1, 0.15) is 0 Å². The van der Waals surface area contributed by atoms with Crippen LogP contribution >= 0.6 is 0 Å². The van der Waals surface area contributed by atoms with Crippen molar-refractivity contribution in [1.29, 1.82) is 0 Å². The first-order chi connectivity index (χ1) is 9.72. The maximum absolute atomic E-state index is 11.0. The Kier molecular flexibility index (Phi) is 3.52. The van der Waals surface area contributed by atoms with Crippen molar-refractivity contribution in [2.45, 2.75) is 19.5 Å². The van der Waals surface area contributed by atoms with Gasteiger partial charge >= 0.3 is 5.97 Å². The van der Waals surface area contributed by atoms with Crippen molar-refractivity contribution < 1.29 is 9.90 Å². The van der Waals surface area contributed by atoms with Gasteiger partial charge in [-0.15, -0.1) is 0 Å². The third-order valence-electron chi connectivity index (χ3n) is 3.79. The molecule has 0 saturated heterocycles.